The molecule has 0 bridgehead atoms. The molecule has 11 heavy (non-hydrogen) atoms. The molecule has 64 valence electrons. The molecule has 0 heterocycles. The van der Waals surface area contributed by atoms with Crippen LogP contribution in [0.3, 0.4) is 0 Å². The molecule has 0 aromatic heterocycles. The highest BCUT2D eigenvalue weighted by Gasteiger charge is 1.99. The minimum Gasteiger partial charge on any atom is -0.287 e. The highest BCUT2D eigenvalue weighted by Crippen LogP contribution is 2.05. The Hall–Kier alpha value is -0.590. The van der Waals surface area contributed by atoms with Gasteiger partial charge in [-0.2, -0.15) is 0 Å². The number of nitrogens with zero attached hydrogens (tertiary/aromatic N) is 1. The lowest BCUT2D eigenvalue weighted by molar-refractivity contribution is 0.852. The molecule has 0 fully saturated rings. The van der Waals surface area contributed by atoms with Gasteiger partial charge in [-0.15, -0.1) is 0 Å². The molecule has 0 saturated carbocycles. The van der Waals surface area contributed by atoms with Crippen LogP contribution < -0.4 is 0 Å². The van der Waals surface area contributed by atoms with E-state index < -0.39 is 0 Å². The van der Waals surface area contributed by atoms with Crippen LogP contribution >= 0.6 is 0 Å². The summed E-state index contributed by atoms with van der Waals surface area (Å²) < 4.78 is 0. The van der Waals surface area contributed by atoms with E-state index in [1.807, 2.05) is 0 Å². The van der Waals surface area contributed by atoms with E-state index in [1.54, 1.807) is 0 Å². The molecule has 0 spiro atoms. The first-order valence-corrected chi connectivity index (χ1v) is 4.27. The van der Waals surface area contributed by atoms with Crippen LogP contribution in [-0.2, 0) is 0 Å². The molecule has 0 amide bonds. The van der Waals surface area contributed by atoms with E-state index >= 15 is 0 Å². The molecular weight excluding hydrogens is 134 g/mol. The molecule has 0 aromatic rings. The number of rotatable bonds is 3. The zero-order valence-corrected chi connectivity index (χ0v) is 8.31. The molecule has 1 atom stereocenters. The fraction of sp³-hybridized carbons (Fsp3) is 0.700. The van der Waals surface area contributed by atoms with Gasteiger partial charge in [0.05, 0.1) is 6.04 Å². The van der Waals surface area contributed by atoms with Crippen molar-refractivity contribution in [1.29, 1.82) is 0 Å². The largest absolute Gasteiger partial charge is 0.287 e. The average molecular weight is 153 g/mol. The summed E-state index contributed by atoms with van der Waals surface area (Å²) in [6, 6.07) is 0.361. The van der Waals surface area contributed by atoms with Crippen LogP contribution in [0.15, 0.2) is 16.6 Å². The maximum atomic E-state index is 4.51. The first-order valence-electron chi connectivity index (χ1n) is 4.27. The third-order valence-electron chi connectivity index (χ3n) is 2.04. The summed E-state index contributed by atoms with van der Waals surface area (Å²) in [6.07, 6.45) is 3.18. The molecule has 0 aliphatic carbocycles. The van der Waals surface area contributed by atoms with Crippen LogP contribution in [0.5, 0.6) is 0 Å². The van der Waals surface area contributed by atoms with Crippen molar-refractivity contribution in [2.24, 2.45) is 4.99 Å². The van der Waals surface area contributed by atoms with E-state index in [9.17, 15) is 0 Å². The smallest absolute Gasteiger partial charge is 0.0677 e. The van der Waals surface area contributed by atoms with Crippen molar-refractivity contribution in [2.45, 2.75) is 47.1 Å². The molecule has 0 N–H and O–H groups in total. The van der Waals surface area contributed by atoms with Gasteiger partial charge in [0.25, 0.3) is 0 Å². The van der Waals surface area contributed by atoms with Gasteiger partial charge in [0.15, 0.2) is 0 Å². The molecule has 0 aliphatic heterocycles. The van der Waals surface area contributed by atoms with Gasteiger partial charge in [-0.1, -0.05) is 18.6 Å². The van der Waals surface area contributed by atoms with Gasteiger partial charge < -0.3 is 0 Å². The van der Waals surface area contributed by atoms with Crippen LogP contribution in [-0.4, -0.2) is 11.8 Å². The molecular formula is C10H19N. The Morgan fingerprint density at radius 2 is 2.00 bits per heavy atom. The predicted molar refractivity (Wildman–Crippen MR) is 52.3 cm³/mol. The van der Waals surface area contributed by atoms with Gasteiger partial charge in [-0.25, -0.2) is 0 Å². The third-order valence-corrected chi connectivity index (χ3v) is 2.04. The van der Waals surface area contributed by atoms with Crippen molar-refractivity contribution in [3.8, 4) is 0 Å². The lowest BCUT2D eigenvalue weighted by Gasteiger charge is -2.07. The second-order valence-electron chi connectivity index (χ2n) is 2.93. The minimum atomic E-state index is 0.361. The van der Waals surface area contributed by atoms with Gasteiger partial charge in [-0.3, -0.25) is 4.99 Å². The maximum Gasteiger partial charge on any atom is 0.0677 e. The zero-order chi connectivity index (χ0) is 8.85. The molecule has 0 aliphatic rings. The Bertz CT molecular complexity index is 166. The lowest BCUT2D eigenvalue weighted by atomic mass is 10.1. The van der Waals surface area contributed by atoms with Crippen LogP contribution in [0.1, 0.15) is 41.0 Å². The molecule has 1 nitrogen and oxygen atoms in total. The van der Waals surface area contributed by atoms with E-state index in [1.165, 1.54) is 11.3 Å². The standard InChI is InChI=1S/C10H19N/c1-6-8(3)10(5)11-9(4)7-2/h6,10H,7H2,1-5H3/b8-6+,11-9?/t10-/m1/s1. The lowest BCUT2D eigenvalue weighted by Crippen LogP contribution is -2.03. The summed E-state index contributed by atoms with van der Waals surface area (Å²) >= 11 is 0. The van der Waals surface area contributed by atoms with Crippen molar-refractivity contribution in [2.75, 3.05) is 0 Å². The van der Waals surface area contributed by atoms with Crippen molar-refractivity contribution in [3.05, 3.63) is 11.6 Å². The Labute approximate surface area is 70.2 Å². The number of hydrogen-bond donors (Lipinski definition) is 0. The van der Waals surface area contributed by atoms with Crippen molar-refractivity contribution in [3.63, 3.8) is 0 Å². The van der Waals surface area contributed by atoms with Gasteiger partial charge in [0.1, 0.15) is 0 Å². The summed E-state index contributed by atoms with van der Waals surface area (Å²) in [5.74, 6) is 0. The van der Waals surface area contributed by atoms with Crippen molar-refractivity contribution < 1.29 is 0 Å². The van der Waals surface area contributed by atoms with Crippen molar-refractivity contribution in [1.82, 2.24) is 0 Å². The number of hydrogen-bond acceptors (Lipinski definition) is 1. The summed E-state index contributed by atoms with van der Waals surface area (Å²) in [5.41, 5.74) is 2.58. The van der Waals surface area contributed by atoms with Crippen LogP contribution in [0.2, 0.25) is 0 Å². The van der Waals surface area contributed by atoms with E-state index in [4.69, 9.17) is 0 Å². The molecule has 0 aromatic carbocycles. The first-order chi connectivity index (χ1) is 5.11. The monoisotopic (exact) mass is 153 g/mol. The Morgan fingerprint density at radius 3 is 2.36 bits per heavy atom. The fourth-order valence-electron chi connectivity index (χ4n) is 0.765. The fourth-order valence-corrected chi connectivity index (χ4v) is 0.765. The van der Waals surface area contributed by atoms with Gasteiger partial charge >= 0.3 is 0 Å². The van der Waals surface area contributed by atoms with E-state index in [0.717, 1.165) is 6.42 Å². The molecule has 0 rings (SSSR count). The average Bonchev–Trinajstić information content (AvgIpc) is 2.02. The van der Waals surface area contributed by atoms with Crippen molar-refractivity contribution >= 4 is 5.71 Å². The predicted octanol–water partition coefficient (Wildman–Crippen LogP) is 3.21. The first kappa shape index (κ1) is 10.4. The number of aliphatic imine (C=N–C) groups is 1. The Balaban J connectivity index is 4.16. The molecule has 0 saturated heterocycles. The molecule has 1 heteroatoms. The summed E-state index contributed by atoms with van der Waals surface area (Å²) in [5, 5.41) is 0. The minimum absolute atomic E-state index is 0.361. The summed E-state index contributed by atoms with van der Waals surface area (Å²) in [6.45, 7) is 10.5. The highest BCUT2D eigenvalue weighted by atomic mass is 14.8. The molecule has 0 unspecified atom stereocenters. The van der Waals surface area contributed by atoms with Crippen LogP contribution in [0.25, 0.3) is 0 Å². The van der Waals surface area contributed by atoms with E-state index in [0.29, 0.717) is 6.04 Å². The molecule has 0 radical (unpaired) electrons. The van der Waals surface area contributed by atoms with Crippen LogP contribution in [0, 0.1) is 0 Å². The van der Waals surface area contributed by atoms with Gasteiger partial charge in [-0.05, 0) is 34.1 Å². The number of allylic oxidation sites excluding steroid dienone is 1. The topological polar surface area (TPSA) is 12.4 Å². The second kappa shape index (κ2) is 5.11. The SMILES string of the molecule is C/C=C(\C)[C@@H](C)N=C(C)CC. The van der Waals surface area contributed by atoms with Gasteiger partial charge in [0, 0.05) is 5.71 Å². The van der Waals surface area contributed by atoms with E-state index in [-0.39, 0.29) is 0 Å². The van der Waals surface area contributed by atoms with E-state index in [2.05, 4.69) is 45.7 Å². The second-order valence-corrected chi connectivity index (χ2v) is 2.93. The summed E-state index contributed by atoms with van der Waals surface area (Å²) in [7, 11) is 0. The highest BCUT2D eigenvalue weighted by molar-refractivity contribution is 5.81. The van der Waals surface area contributed by atoms with Gasteiger partial charge in [0.2, 0.25) is 0 Å². The normalized spacial score (nSPS) is 16.8. The quantitative estimate of drug-likeness (QED) is 0.436. The Morgan fingerprint density at radius 1 is 1.45 bits per heavy atom. The third kappa shape index (κ3) is 3.97. The van der Waals surface area contributed by atoms with Crippen LogP contribution in [0.4, 0.5) is 0 Å². The summed E-state index contributed by atoms with van der Waals surface area (Å²) in [4.78, 5) is 4.51. The maximum absolute atomic E-state index is 4.51. The Kier molecular flexibility index (Phi) is 4.84. The zero-order valence-electron chi connectivity index (χ0n) is 8.31.